The van der Waals surface area contributed by atoms with Gasteiger partial charge >= 0.3 is 18.2 Å². The van der Waals surface area contributed by atoms with Crippen LogP contribution in [-0.4, -0.2) is 17.1 Å². The highest BCUT2D eigenvalue weighted by atomic mass is 19.4. The quantitative estimate of drug-likeness (QED) is 0.778. The average Bonchev–Trinajstić information content (AvgIpc) is 2.37. The van der Waals surface area contributed by atoms with E-state index in [1.807, 2.05) is 5.32 Å². The molecule has 8 heteroatoms. The van der Waals surface area contributed by atoms with Crippen molar-refractivity contribution in [2.45, 2.75) is 12.2 Å². The molecule has 2 amide bonds. The molecule has 0 radical (unpaired) electrons. The number of carboxylic acid groups (broad SMARTS) is 1. The molecular formula is C12H9F3N2O3. The van der Waals surface area contributed by atoms with Gasteiger partial charge in [-0.1, -0.05) is 18.2 Å². The number of hydrogen-bond donors (Lipinski definition) is 3. The summed E-state index contributed by atoms with van der Waals surface area (Å²) in [6, 6.07) is 2.64. The van der Waals surface area contributed by atoms with Gasteiger partial charge in [-0.15, -0.1) is 0 Å². The van der Waals surface area contributed by atoms with Crippen LogP contribution < -0.4 is 10.6 Å². The maximum absolute atomic E-state index is 12.9. The first-order valence-corrected chi connectivity index (χ1v) is 5.48. The fourth-order valence-corrected chi connectivity index (χ4v) is 1.87. The lowest BCUT2D eigenvalue weighted by molar-refractivity contribution is -0.138. The number of hydrogen-bond acceptors (Lipinski definition) is 2. The van der Waals surface area contributed by atoms with E-state index in [0.29, 0.717) is 0 Å². The Balaban J connectivity index is 2.49. The highest BCUT2D eigenvalue weighted by Gasteiger charge is 2.36. The van der Waals surface area contributed by atoms with Crippen molar-refractivity contribution in [1.82, 2.24) is 10.6 Å². The van der Waals surface area contributed by atoms with Crippen LogP contribution >= 0.6 is 0 Å². The minimum absolute atomic E-state index is 0.214. The lowest BCUT2D eigenvalue weighted by atomic mass is 9.98. The third-order valence-electron chi connectivity index (χ3n) is 2.70. The molecule has 106 valence electrons. The molecule has 0 bridgehead atoms. The van der Waals surface area contributed by atoms with Crippen LogP contribution in [0, 0.1) is 0 Å². The lowest BCUT2D eigenvalue weighted by Gasteiger charge is -2.24. The number of carbonyl (C=O) groups excluding carboxylic acids is 1. The fraction of sp³-hybridized carbons (Fsp3) is 0.167. The smallest absolute Gasteiger partial charge is 0.416 e. The van der Waals surface area contributed by atoms with E-state index in [-0.39, 0.29) is 5.56 Å². The normalized spacial score (nSPS) is 18.9. The highest BCUT2D eigenvalue weighted by molar-refractivity contribution is 5.93. The van der Waals surface area contributed by atoms with Crippen molar-refractivity contribution in [3.8, 4) is 0 Å². The van der Waals surface area contributed by atoms with Crippen molar-refractivity contribution in [3.63, 3.8) is 0 Å². The van der Waals surface area contributed by atoms with E-state index in [1.54, 1.807) is 0 Å². The van der Waals surface area contributed by atoms with Gasteiger partial charge in [0.15, 0.2) is 0 Å². The summed E-state index contributed by atoms with van der Waals surface area (Å²) < 4.78 is 38.7. The van der Waals surface area contributed by atoms with Gasteiger partial charge in [0.2, 0.25) is 0 Å². The Morgan fingerprint density at radius 3 is 2.50 bits per heavy atom. The maximum Gasteiger partial charge on any atom is 0.416 e. The molecule has 0 aliphatic carbocycles. The zero-order valence-electron chi connectivity index (χ0n) is 9.86. The van der Waals surface area contributed by atoms with Crippen molar-refractivity contribution in [3.05, 3.63) is 47.2 Å². The standard InChI is InChI=1S/C12H9F3N2O3/c13-12(14,15)7-4-2-1-3-6(7)8-5-9(10(18)19)17-11(20)16-8/h1-5,8H,(H,18,19)(H2,16,17,20). The Labute approximate surface area is 111 Å². The number of carboxylic acids is 1. The Hall–Kier alpha value is -2.51. The van der Waals surface area contributed by atoms with Crippen LogP contribution in [0.3, 0.4) is 0 Å². The predicted molar refractivity (Wildman–Crippen MR) is 61.6 cm³/mol. The van der Waals surface area contributed by atoms with Crippen LogP contribution in [0.2, 0.25) is 0 Å². The van der Waals surface area contributed by atoms with E-state index in [1.165, 1.54) is 18.2 Å². The van der Waals surface area contributed by atoms with Crippen molar-refractivity contribution in [2.24, 2.45) is 0 Å². The topological polar surface area (TPSA) is 78.4 Å². The zero-order chi connectivity index (χ0) is 14.9. The van der Waals surface area contributed by atoms with E-state index in [2.05, 4.69) is 5.32 Å². The van der Waals surface area contributed by atoms with Crippen LogP contribution in [0.25, 0.3) is 0 Å². The van der Waals surface area contributed by atoms with E-state index in [9.17, 15) is 22.8 Å². The lowest BCUT2D eigenvalue weighted by Crippen LogP contribution is -2.43. The summed E-state index contributed by atoms with van der Waals surface area (Å²) in [7, 11) is 0. The Kier molecular flexibility index (Phi) is 3.39. The maximum atomic E-state index is 12.9. The zero-order valence-corrected chi connectivity index (χ0v) is 9.86. The van der Waals surface area contributed by atoms with Crippen molar-refractivity contribution >= 4 is 12.0 Å². The number of alkyl halides is 3. The van der Waals surface area contributed by atoms with Crippen LogP contribution in [0.15, 0.2) is 36.0 Å². The molecule has 5 nitrogen and oxygen atoms in total. The number of benzene rings is 1. The fourth-order valence-electron chi connectivity index (χ4n) is 1.87. The van der Waals surface area contributed by atoms with Gasteiger partial charge in [0, 0.05) is 0 Å². The number of amides is 2. The number of nitrogens with one attached hydrogen (secondary N) is 2. The van der Waals surface area contributed by atoms with E-state index < -0.39 is 35.5 Å². The van der Waals surface area contributed by atoms with Crippen LogP contribution in [0.4, 0.5) is 18.0 Å². The van der Waals surface area contributed by atoms with E-state index in [0.717, 1.165) is 12.1 Å². The number of urea groups is 1. The predicted octanol–water partition coefficient (Wildman–Crippen LogP) is 2.03. The van der Waals surface area contributed by atoms with E-state index >= 15 is 0 Å². The van der Waals surface area contributed by atoms with Gasteiger partial charge in [0.25, 0.3) is 0 Å². The van der Waals surface area contributed by atoms with Crippen molar-refractivity contribution in [2.75, 3.05) is 0 Å². The molecule has 0 fully saturated rings. The van der Waals surface area contributed by atoms with Crippen LogP contribution in [0.1, 0.15) is 17.2 Å². The Morgan fingerprint density at radius 1 is 1.25 bits per heavy atom. The molecule has 1 aliphatic rings. The molecule has 2 rings (SSSR count). The minimum Gasteiger partial charge on any atom is -0.477 e. The molecule has 1 atom stereocenters. The molecule has 1 heterocycles. The van der Waals surface area contributed by atoms with Gasteiger partial charge < -0.3 is 15.7 Å². The first kappa shape index (κ1) is 13.9. The van der Waals surface area contributed by atoms with Crippen molar-refractivity contribution < 1.29 is 27.9 Å². The average molecular weight is 286 g/mol. The molecule has 1 aliphatic heterocycles. The summed E-state index contributed by atoms with van der Waals surface area (Å²) in [6.45, 7) is 0. The third-order valence-corrected chi connectivity index (χ3v) is 2.70. The monoisotopic (exact) mass is 286 g/mol. The second-order valence-corrected chi connectivity index (χ2v) is 4.05. The third kappa shape index (κ3) is 2.73. The summed E-state index contributed by atoms with van der Waals surface area (Å²) in [4.78, 5) is 22.1. The van der Waals surface area contributed by atoms with Gasteiger partial charge in [-0.25, -0.2) is 9.59 Å². The summed E-state index contributed by atoms with van der Waals surface area (Å²) in [6.07, 6.45) is -3.57. The second kappa shape index (κ2) is 4.87. The number of aliphatic carboxylic acids is 1. The molecule has 1 unspecified atom stereocenters. The first-order chi connectivity index (χ1) is 9.29. The molecule has 3 N–H and O–H groups in total. The van der Waals surface area contributed by atoms with Gasteiger partial charge in [-0.2, -0.15) is 13.2 Å². The molecule has 0 spiro atoms. The second-order valence-electron chi connectivity index (χ2n) is 4.05. The van der Waals surface area contributed by atoms with Gasteiger partial charge in [0.1, 0.15) is 5.70 Å². The molecule has 20 heavy (non-hydrogen) atoms. The van der Waals surface area contributed by atoms with Crippen molar-refractivity contribution in [1.29, 1.82) is 0 Å². The van der Waals surface area contributed by atoms with Gasteiger partial charge in [0.05, 0.1) is 11.6 Å². The van der Waals surface area contributed by atoms with Gasteiger partial charge in [-0.05, 0) is 17.7 Å². The molecular weight excluding hydrogens is 277 g/mol. The largest absolute Gasteiger partial charge is 0.477 e. The molecule has 0 saturated heterocycles. The summed E-state index contributed by atoms with van der Waals surface area (Å²) in [5.74, 6) is -1.42. The molecule has 0 aromatic heterocycles. The SMILES string of the molecule is O=C1NC(C(=O)O)=CC(c2ccccc2C(F)(F)F)N1. The minimum atomic E-state index is -4.59. The van der Waals surface area contributed by atoms with Crippen LogP contribution in [0.5, 0.6) is 0 Å². The molecule has 1 aromatic rings. The number of carbonyl (C=O) groups is 2. The van der Waals surface area contributed by atoms with Crippen LogP contribution in [-0.2, 0) is 11.0 Å². The first-order valence-electron chi connectivity index (χ1n) is 5.48. The Morgan fingerprint density at radius 2 is 1.90 bits per heavy atom. The van der Waals surface area contributed by atoms with Gasteiger partial charge in [-0.3, -0.25) is 0 Å². The number of halogens is 3. The van der Waals surface area contributed by atoms with E-state index in [4.69, 9.17) is 5.11 Å². The number of rotatable bonds is 2. The molecule has 0 saturated carbocycles. The molecule has 1 aromatic carbocycles. The summed E-state index contributed by atoms with van der Waals surface area (Å²) >= 11 is 0. The highest BCUT2D eigenvalue weighted by Crippen LogP contribution is 2.35. The Bertz CT molecular complexity index is 596. The summed E-state index contributed by atoms with van der Waals surface area (Å²) in [5.41, 5.74) is -1.60. The summed E-state index contributed by atoms with van der Waals surface area (Å²) in [5, 5.41) is 13.1.